The molecule has 0 saturated heterocycles. The van der Waals surface area contributed by atoms with Crippen LogP contribution in [0.5, 0.6) is 0 Å². The largest absolute Gasteiger partial charge is 0.438 e. The fourth-order valence-corrected chi connectivity index (χ4v) is 3.84. The van der Waals surface area contributed by atoms with Gasteiger partial charge in [0.05, 0.1) is 0 Å². The molecule has 3 rings (SSSR count). The van der Waals surface area contributed by atoms with E-state index in [4.69, 9.17) is 4.42 Å². The lowest BCUT2D eigenvalue weighted by Gasteiger charge is -2.18. The molecule has 2 heterocycles. The Bertz CT molecular complexity index is 1070. The first-order valence-corrected chi connectivity index (χ1v) is 10.1. The van der Waals surface area contributed by atoms with Crippen molar-refractivity contribution >= 4 is 21.7 Å². The van der Waals surface area contributed by atoms with Crippen molar-refractivity contribution in [2.75, 3.05) is 5.32 Å². The van der Waals surface area contributed by atoms with Crippen LogP contribution in [0.15, 0.2) is 70.3 Å². The van der Waals surface area contributed by atoms with Crippen LogP contribution in [-0.2, 0) is 10.0 Å². The zero-order valence-corrected chi connectivity index (χ0v) is 16.6. The molecule has 28 heavy (non-hydrogen) atoms. The molecule has 0 atom stereocenters. The van der Waals surface area contributed by atoms with Crippen LogP contribution in [0.4, 0.5) is 5.82 Å². The van der Waals surface area contributed by atoms with E-state index in [1.54, 1.807) is 33.0 Å². The summed E-state index contributed by atoms with van der Waals surface area (Å²) in [5, 5.41) is 2.27. The van der Waals surface area contributed by atoms with Gasteiger partial charge in [0.2, 0.25) is 5.09 Å². The first kappa shape index (κ1) is 19.8. The Morgan fingerprint density at radius 2 is 1.68 bits per heavy atom. The quantitative estimate of drug-likeness (QED) is 0.682. The van der Waals surface area contributed by atoms with Gasteiger partial charge in [-0.15, -0.1) is 0 Å². The average Bonchev–Trinajstić information content (AvgIpc) is 3.12. The van der Waals surface area contributed by atoms with Gasteiger partial charge >= 0.3 is 0 Å². The van der Waals surface area contributed by atoms with Crippen molar-refractivity contribution in [2.45, 2.75) is 31.4 Å². The molecule has 0 radical (unpaired) electrons. The number of hydrogen-bond donors (Lipinski definition) is 2. The van der Waals surface area contributed by atoms with Crippen LogP contribution in [0, 0.1) is 0 Å². The van der Waals surface area contributed by atoms with Crippen LogP contribution < -0.4 is 10.0 Å². The zero-order chi connectivity index (χ0) is 20.4. The molecule has 3 aromatic rings. The van der Waals surface area contributed by atoms with Crippen molar-refractivity contribution < 1.29 is 17.6 Å². The molecule has 0 aliphatic rings. The molecular formula is C20H21N3O4S. The second-order valence-corrected chi connectivity index (χ2v) is 8.84. The molecule has 8 heteroatoms. The van der Waals surface area contributed by atoms with Crippen LogP contribution in [0.1, 0.15) is 31.3 Å². The minimum Gasteiger partial charge on any atom is -0.438 e. The molecule has 0 unspecified atom stereocenters. The van der Waals surface area contributed by atoms with E-state index in [9.17, 15) is 13.2 Å². The highest BCUT2D eigenvalue weighted by molar-refractivity contribution is 7.89. The van der Waals surface area contributed by atoms with Crippen LogP contribution in [-0.4, -0.2) is 24.8 Å². The van der Waals surface area contributed by atoms with E-state index in [0.717, 1.165) is 11.1 Å². The van der Waals surface area contributed by atoms with Crippen LogP contribution in [0.25, 0.3) is 11.1 Å². The third-order valence-electron chi connectivity index (χ3n) is 3.62. The number of pyridine rings is 1. The fourth-order valence-electron chi connectivity index (χ4n) is 2.49. The van der Waals surface area contributed by atoms with Crippen molar-refractivity contribution in [3.63, 3.8) is 0 Å². The summed E-state index contributed by atoms with van der Waals surface area (Å²) in [7, 11) is -3.85. The molecular weight excluding hydrogens is 378 g/mol. The van der Waals surface area contributed by atoms with Gasteiger partial charge in [0.1, 0.15) is 5.82 Å². The smallest absolute Gasteiger partial charge is 0.292 e. The van der Waals surface area contributed by atoms with Crippen LogP contribution in [0.3, 0.4) is 0 Å². The molecule has 2 aromatic heterocycles. The number of amides is 1. The Kier molecular flexibility index (Phi) is 5.35. The van der Waals surface area contributed by atoms with Gasteiger partial charge in [-0.2, -0.15) is 0 Å². The van der Waals surface area contributed by atoms with Gasteiger partial charge in [-0.3, -0.25) is 4.79 Å². The maximum absolute atomic E-state index is 12.3. The summed E-state index contributed by atoms with van der Waals surface area (Å²) in [4.78, 5) is 16.6. The zero-order valence-electron chi connectivity index (χ0n) is 15.8. The third-order valence-corrected chi connectivity index (χ3v) is 5.25. The van der Waals surface area contributed by atoms with Crippen molar-refractivity contribution in [1.29, 1.82) is 0 Å². The first-order chi connectivity index (χ1) is 13.1. The van der Waals surface area contributed by atoms with Gasteiger partial charge in [0, 0.05) is 17.3 Å². The van der Waals surface area contributed by atoms with Gasteiger partial charge in [0.25, 0.3) is 15.9 Å². The predicted molar refractivity (Wildman–Crippen MR) is 106 cm³/mol. The number of hydrogen-bond acceptors (Lipinski definition) is 5. The molecule has 0 aliphatic carbocycles. The number of anilines is 1. The lowest BCUT2D eigenvalue weighted by Crippen LogP contribution is -2.40. The number of carbonyl (C=O) groups is 1. The highest BCUT2D eigenvalue weighted by Crippen LogP contribution is 2.20. The Balaban J connectivity index is 1.71. The maximum atomic E-state index is 12.3. The number of furan rings is 1. The Morgan fingerprint density at radius 1 is 0.964 bits per heavy atom. The molecule has 146 valence electrons. The number of aromatic nitrogens is 1. The fraction of sp³-hybridized carbons (Fsp3) is 0.200. The van der Waals surface area contributed by atoms with Gasteiger partial charge in [-0.05, 0) is 50.6 Å². The van der Waals surface area contributed by atoms with Gasteiger partial charge in [-0.25, -0.2) is 18.1 Å². The molecule has 7 nitrogen and oxygen atoms in total. The second-order valence-electron chi connectivity index (χ2n) is 7.23. The summed E-state index contributed by atoms with van der Waals surface area (Å²) in [5.41, 5.74) is 1.26. The first-order valence-electron chi connectivity index (χ1n) is 8.61. The highest BCUT2D eigenvalue weighted by Gasteiger charge is 2.26. The maximum Gasteiger partial charge on any atom is 0.292 e. The third kappa shape index (κ3) is 4.85. The highest BCUT2D eigenvalue weighted by atomic mass is 32.2. The van der Waals surface area contributed by atoms with E-state index in [0.29, 0.717) is 5.82 Å². The van der Waals surface area contributed by atoms with E-state index in [1.165, 1.54) is 12.1 Å². The number of sulfonamides is 1. The van der Waals surface area contributed by atoms with E-state index in [-0.39, 0.29) is 10.9 Å². The Labute approximate surface area is 163 Å². The van der Waals surface area contributed by atoms with Gasteiger partial charge in [0.15, 0.2) is 5.76 Å². The van der Waals surface area contributed by atoms with Gasteiger partial charge in [-0.1, -0.05) is 30.3 Å². The predicted octanol–water partition coefficient (Wildman–Crippen LogP) is 3.67. The average molecular weight is 399 g/mol. The standard InChI is InChI=1S/C20H21N3O4S/c1-20(2,3)23-28(25,26)18-12-10-16(27-18)19(24)22-17-11-9-15(13-21-17)14-7-5-4-6-8-14/h4-13,23H,1-3H3,(H,21,22,24). The van der Waals surface area contributed by atoms with Crippen LogP contribution >= 0.6 is 0 Å². The van der Waals surface area contributed by atoms with Crippen molar-refractivity contribution in [3.8, 4) is 11.1 Å². The van der Waals surface area contributed by atoms with E-state index >= 15 is 0 Å². The van der Waals surface area contributed by atoms with E-state index in [2.05, 4.69) is 15.0 Å². The summed E-state index contributed by atoms with van der Waals surface area (Å²) in [6.45, 7) is 5.14. The Morgan fingerprint density at radius 3 is 2.29 bits per heavy atom. The monoisotopic (exact) mass is 399 g/mol. The normalized spacial score (nSPS) is 12.0. The molecule has 1 aromatic carbocycles. The molecule has 0 saturated carbocycles. The number of nitrogens with zero attached hydrogens (tertiary/aromatic N) is 1. The molecule has 2 N–H and O–H groups in total. The summed E-state index contributed by atoms with van der Waals surface area (Å²) in [6.07, 6.45) is 1.65. The SMILES string of the molecule is CC(C)(C)NS(=O)(=O)c1ccc(C(=O)Nc2ccc(-c3ccccc3)cn2)o1. The molecule has 0 spiro atoms. The van der Waals surface area contributed by atoms with Crippen molar-refractivity contribution in [1.82, 2.24) is 9.71 Å². The minimum absolute atomic E-state index is 0.122. The number of rotatable bonds is 5. The number of nitrogens with one attached hydrogen (secondary N) is 2. The summed E-state index contributed by atoms with van der Waals surface area (Å²) < 4.78 is 32.2. The van der Waals surface area contributed by atoms with Crippen LogP contribution in [0.2, 0.25) is 0 Å². The lowest BCUT2D eigenvalue weighted by molar-refractivity contribution is 0.0991. The Hall–Kier alpha value is -2.97. The lowest BCUT2D eigenvalue weighted by atomic mass is 10.1. The number of carbonyl (C=O) groups excluding carboxylic acids is 1. The van der Waals surface area contributed by atoms with Crippen molar-refractivity contribution in [3.05, 3.63) is 66.6 Å². The second kappa shape index (κ2) is 7.57. The van der Waals surface area contributed by atoms with Crippen molar-refractivity contribution in [2.24, 2.45) is 0 Å². The molecule has 0 bridgehead atoms. The van der Waals surface area contributed by atoms with E-state index < -0.39 is 21.5 Å². The molecule has 0 fully saturated rings. The summed E-state index contributed by atoms with van der Waals surface area (Å²) in [6, 6.07) is 15.8. The van der Waals surface area contributed by atoms with Gasteiger partial charge < -0.3 is 9.73 Å². The molecule has 1 amide bonds. The summed E-state index contributed by atoms with van der Waals surface area (Å²) >= 11 is 0. The molecule has 0 aliphatic heterocycles. The number of benzene rings is 1. The minimum atomic E-state index is -3.85. The topological polar surface area (TPSA) is 101 Å². The van der Waals surface area contributed by atoms with E-state index in [1.807, 2.05) is 36.4 Å². The summed E-state index contributed by atoms with van der Waals surface area (Å²) in [5.74, 6) is -0.376.